The van der Waals surface area contributed by atoms with Gasteiger partial charge in [-0.05, 0) is 30.5 Å². The van der Waals surface area contributed by atoms with Gasteiger partial charge in [0.1, 0.15) is 12.1 Å². The summed E-state index contributed by atoms with van der Waals surface area (Å²) in [5, 5.41) is 10.8. The van der Waals surface area contributed by atoms with Crippen LogP contribution in [0.15, 0.2) is 59.4 Å². The molecule has 29 heavy (non-hydrogen) atoms. The van der Waals surface area contributed by atoms with Crippen LogP contribution in [0.25, 0.3) is 10.9 Å². The molecule has 0 spiro atoms. The zero-order chi connectivity index (χ0) is 20.3. The Balaban J connectivity index is 1.28. The first-order valence-electron chi connectivity index (χ1n) is 9.38. The summed E-state index contributed by atoms with van der Waals surface area (Å²) in [7, 11) is 0. The topological polar surface area (TPSA) is 103 Å². The molecule has 0 atom stereocenters. The third-order valence-electron chi connectivity index (χ3n) is 5.14. The molecule has 1 saturated carbocycles. The average molecular weight is 392 g/mol. The maximum absolute atomic E-state index is 12.3. The molecule has 1 aliphatic rings. The lowest BCUT2D eigenvalue weighted by atomic mass is 9.96. The number of nitrogens with one attached hydrogen (secondary N) is 1. The minimum absolute atomic E-state index is 0.0189. The van der Waals surface area contributed by atoms with Gasteiger partial charge in [0.05, 0.1) is 5.39 Å². The van der Waals surface area contributed by atoms with Gasteiger partial charge in [0.15, 0.2) is 6.61 Å². The van der Waals surface area contributed by atoms with Gasteiger partial charge in [-0.25, -0.2) is 0 Å². The predicted octanol–water partition coefficient (Wildman–Crippen LogP) is 1.18. The Bertz CT molecular complexity index is 1110. The van der Waals surface area contributed by atoms with E-state index in [-0.39, 0.29) is 11.3 Å². The van der Waals surface area contributed by atoms with Crippen LogP contribution in [0.2, 0.25) is 0 Å². The van der Waals surface area contributed by atoms with Crippen LogP contribution in [-0.4, -0.2) is 40.0 Å². The lowest BCUT2D eigenvalue weighted by Gasteiger charge is -2.16. The number of carbonyl (C=O) groups is 2. The number of ether oxygens (including phenoxy) is 1. The number of amides is 1. The highest BCUT2D eigenvalue weighted by Crippen LogP contribution is 2.47. The van der Waals surface area contributed by atoms with Crippen molar-refractivity contribution in [3.63, 3.8) is 0 Å². The molecular formula is C21H20N4O4. The third kappa shape index (κ3) is 4.16. The van der Waals surface area contributed by atoms with Crippen LogP contribution in [0.5, 0.6) is 0 Å². The van der Waals surface area contributed by atoms with E-state index in [2.05, 4.69) is 27.8 Å². The first kappa shape index (κ1) is 18.8. The number of benzene rings is 2. The van der Waals surface area contributed by atoms with Crippen LogP contribution in [0.1, 0.15) is 18.4 Å². The van der Waals surface area contributed by atoms with E-state index in [1.165, 1.54) is 5.56 Å². The van der Waals surface area contributed by atoms with Crippen molar-refractivity contribution in [2.24, 2.45) is 0 Å². The van der Waals surface area contributed by atoms with E-state index in [9.17, 15) is 14.4 Å². The molecule has 8 nitrogen and oxygen atoms in total. The maximum Gasteiger partial charge on any atom is 0.328 e. The van der Waals surface area contributed by atoms with Crippen LogP contribution in [0.4, 0.5) is 0 Å². The minimum atomic E-state index is -0.726. The molecule has 1 aromatic heterocycles. The molecule has 0 unspecified atom stereocenters. The molecule has 0 aliphatic heterocycles. The summed E-state index contributed by atoms with van der Waals surface area (Å²) in [6, 6.07) is 16.8. The molecule has 1 fully saturated rings. The normalized spacial score (nSPS) is 14.3. The first-order chi connectivity index (χ1) is 14.1. The number of hydrogen-bond donors (Lipinski definition) is 1. The highest BCUT2D eigenvalue weighted by molar-refractivity contribution is 5.81. The van der Waals surface area contributed by atoms with Gasteiger partial charge >= 0.3 is 5.97 Å². The largest absolute Gasteiger partial charge is 0.454 e. The second kappa shape index (κ2) is 7.83. The van der Waals surface area contributed by atoms with Crippen LogP contribution in [0.3, 0.4) is 0 Å². The van der Waals surface area contributed by atoms with Gasteiger partial charge in [0.25, 0.3) is 11.5 Å². The van der Waals surface area contributed by atoms with Gasteiger partial charge in [0, 0.05) is 12.0 Å². The summed E-state index contributed by atoms with van der Waals surface area (Å²) in [6.45, 7) is -0.305. The van der Waals surface area contributed by atoms with Gasteiger partial charge in [-0.1, -0.05) is 47.7 Å². The number of fused-ring (bicyclic) bond motifs is 1. The van der Waals surface area contributed by atoms with Crippen molar-refractivity contribution in [1.82, 2.24) is 20.3 Å². The standard InChI is InChI=1S/C21H20N4O4/c26-18(22-14-21(10-11-21)15-6-2-1-3-7-15)13-29-19(27)12-25-20(28)16-8-4-5-9-17(16)23-24-25/h1-9H,10-14H2,(H,22,26). The number of esters is 1. The molecule has 4 rings (SSSR count). The summed E-state index contributed by atoms with van der Waals surface area (Å²) in [6.07, 6.45) is 2.03. The molecule has 148 valence electrons. The quantitative estimate of drug-likeness (QED) is 0.606. The molecular weight excluding hydrogens is 372 g/mol. The molecule has 1 heterocycles. The summed E-state index contributed by atoms with van der Waals surface area (Å²) < 4.78 is 5.92. The lowest BCUT2D eigenvalue weighted by molar-refractivity contribution is -0.149. The maximum atomic E-state index is 12.3. The molecule has 1 aliphatic carbocycles. The molecule has 1 amide bonds. The molecule has 0 saturated heterocycles. The van der Waals surface area contributed by atoms with Crippen molar-refractivity contribution in [3.8, 4) is 0 Å². The summed E-state index contributed by atoms with van der Waals surface area (Å²) in [4.78, 5) is 36.4. The van der Waals surface area contributed by atoms with Crippen molar-refractivity contribution < 1.29 is 14.3 Å². The zero-order valence-corrected chi connectivity index (χ0v) is 15.7. The molecule has 3 aromatic rings. The summed E-state index contributed by atoms with van der Waals surface area (Å²) in [5.74, 6) is -1.10. The van der Waals surface area contributed by atoms with E-state index in [1.54, 1.807) is 24.3 Å². The fourth-order valence-electron chi connectivity index (χ4n) is 3.27. The van der Waals surface area contributed by atoms with Gasteiger partial charge in [0.2, 0.25) is 0 Å². The Hall–Kier alpha value is -3.55. The molecule has 0 radical (unpaired) electrons. The number of aromatic nitrogens is 3. The molecule has 8 heteroatoms. The Morgan fingerprint density at radius 2 is 1.79 bits per heavy atom. The van der Waals surface area contributed by atoms with Crippen molar-refractivity contribution >= 4 is 22.8 Å². The van der Waals surface area contributed by atoms with Gasteiger partial charge < -0.3 is 10.1 Å². The van der Waals surface area contributed by atoms with E-state index in [4.69, 9.17) is 4.74 Å². The molecule has 1 N–H and O–H groups in total. The van der Waals surface area contributed by atoms with Crippen LogP contribution < -0.4 is 10.9 Å². The third-order valence-corrected chi connectivity index (χ3v) is 5.14. The monoisotopic (exact) mass is 392 g/mol. The Morgan fingerprint density at radius 1 is 1.07 bits per heavy atom. The van der Waals surface area contributed by atoms with Crippen molar-refractivity contribution in [3.05, 3.63) is 70.5 Å². The van der Waals surface area contributed by atoms with E-state index in [0.717, 1.165) is 17.5 Å². The van der Waals surface area contributed by atoms with Crippen LogP contribution in [-0.2, 0) is 26.3 Å². The summed E-state index contributed by atoms with van der Waals surface area (Å²) in [5.41, 5.74) is 1.20. The number of hydrogen-bond acceptors (Lipinski definition) is 6. The lowest BCUT2D eigenvalue weighted by Crippen LogP contribution is -2.36. The van der Waals surface area contributed by atoms with Crippen molar-refractivity contribution in [2.75, 3.05) is 13.2 Å². The van der Waals surface area contributed by atoms with Gasteiger partial charge in [-0.2, -0.15) is 4.68 Å². The highest BCUT2D eigenvalue weighted by atomic mass is 16.5. The SMILES string of the molecule is O=C(COC(=O)Cn1nnc2ccccc2c1=O)NCC1(c2ccccc2)CC1. The van der Waals surface area contributed by atoms with Gasteiger partial charge in [-0.3, -0.25) is 14.4 Å². The van der Waals surface area contributed by atoms with Gasteiger partial charge in [-0.15, -0.1) is 5.10 Å². The minimum Gasteiger partial charge on any atom is -0.454 e. The van der Waals surface area contributed by atoms with E-state index in [1.807, 2.05) is 18.2 Å². The molecule has 0 bridgehead atoms. The fraction of sp³-hybridized carbons (Fsp3) is 0.286. The van der Waals surface area contributed by atoms with Crippen LogP contribution in [0, 0.1) is 0 Å². The van der Waals surface area contributed by atoms with E-state index in [0.29, 0.717) is 17.4 Å². The van der Waals surface area contributed by atoms with Crippen molar-refractivity contribution in [1.29, 1.82) is 0 Å². The number of nitrogens with zero attached hydrogens (tertiary/aromatic N) is 3. The fourth-order valence-corrected chi connectivity index (χ4v) is 3.27. The number of rotatable bonds is 7. The average Bonchev–Trinajstić information content (AvgIpc) is 3.55. The zero-order valence-electron chi connectivity index (χ0n) is 15.7. The van der Waals surface area contributed by atoms with Crippen molar-refractivity contribution in [2.45, 2.75) is 24.8 Å². The Morgan fingerprint density at radius 3 is 2.55 bits per heavy atom. The van der Waals surface area contributed by atoms with Crippen LogP contribution >= 0.6 is 0 Å². The second-order valence-electron chi connectivity index (χ2n) is 7.15. The molecule has 2 aromatic carbocycles. The smallest absolute Gasteiger partial charge is 0.328 e. The van der Waals surface area contributed by atoms with E-state index >= 15 is 0 Å². The second-order valence-corrected chi connectivity index (χ2v) is 7.15. The van der Waals surface area contributed by atoms with E-state index < -0.39 is 24.7 Å². The first-order valence-corrected chi connectivity index (χ1v) is 9.38. The Kier molecular flexibility index (Phi) is 5.07. The predicted molar refractivity (Wildman–Crippen MR) is 105 cm³/mol. The highest BCUT2D eigenvalue weighted by Gasteiger charge is 2.44. The number of carbonyl (C=O) groups excluding carboxylic acids is 2. The summed E-state index contributed by atoms with van der Waals surface area (Å²) >= 11 is 0. The Labute approximate surface area is 166 Å².